The zero-order valence-electron chi connectivity index (χ0n) is 9.60. The van der Waals surface area contributed by atoms with Gasteiger partial charge in [-0.25, -0.2) is 4.79 Å². The molecule has 0 bridgehead atoms. The van der Waals surface area contributed by atoms with Crippen LogP contribution >= 0.6 is 11.3 Å². The van der Waals surface area contributed by atoms with E-state index < -0.39 is 11.7 Å². The van der Waals surface area contributed by atoms with Gasteiger partial charge in [-0.1, -0.05) is 6.07 Å². The summed E-state index contributed by atoms with van der Waals surface area (Å²) in [5.41, 5.74) is 13.7. The smallest absolute Gasteiger partial charge is 0.408 e. The van der Waals surface area contributed by atoms with E-state index in [1.807, 2.05) is 0 Å². The highest BCUT2D eigenvalue weighted by atomic mass is 32.1. The quantitative estimate of drug-likeness (QED) is 0.657. The fraction of sp³-hybridized carbons (Fsp3) is 0. The maximum atomic E-state index is 11.4. The summed E-state index contributed by atoms with van der Waals surface area (Å²) < 4.78 is 4.98. The first-order valence-electron chi connectivity index (χ1n) is 5.36. The molecule has 96 valence electrons. The number of aromatic nitrogens is 1. The highest BCUT2D eigenvalue weighted by Gasteiger charge is 2.16. The number of thiophene rings is 1. The Balaban J connectivity index is 2.24. The summed E-state index contributed by atoms with van der Waals surface area (Å²) in [6, 6.07) is 5.14. The third-order valence-electron chi connectivity index (χ3n) is 2.80. The van der Waals surface area contributed by atoms with Crippen LogP contribution in [0.2, 0.25) is 0 Å². The maximum absolute atomic E-state index is 11.4. The molecule has 1 amide bonds. The van der Waals surface area contributed by atoms with Gasteiger partial charge >= 0.3 is 5.76 Å². The van der Waals surface area contributed by atoms with Gasteiger partial charge in [-0.3, -0.25) is 9.78 Å². The second-order valence-corrected chi connectivity index (χ2v) is 4.89. The number of H-pyrrole nitrogens is 1. The molecule has 5 N–H and O–H groups in total. The summed E-state index contributed by atoms with van der Waals surface area (Å²) in [6.45, 7) is 0. The molecule has 7 heteroatoms. The Morgan fingerprint density at radius 2 is 2.16 bits per heavy atom. The van der Waals surface area contributed by atoms with Crippen molar-refractivity contribution in [1.29, 1.82) is 0 Å². The van der Waals surface area contributed by atoms with E-state index in [4.69, 9.17) is 15.9 Å². The number of carbonyl (C=O) groups is 1. The van der Waals surface area contributed by atoms with Crippen LogP contribution in [0.5, 0.6) is 0 Å². The Kier molecular flexibility index (Phi) is 2.42. The van der Waals surface area contributed by atoms with Crippen molar-refractivity contribution < 1.29 is 9.21 Å². The summed E-state index contributed by atoms with van der Waals surface area (Å²) in [4.78, 5) is 25.1. The molecule has 0 saturated carbocycles. The van der Waals surface area contributed by atoms with Gasteiger partial charge in [-0.05, 0) is 17.7 Å². The molecule has 0 fully saturated rings. The predicted molar refractivity (Wildman–Crippen MR) is 73.1 cm³/mol. The molecule has 0 atom stereocenters. The molecule has 1 aromatic carbocycles. The molecule has 2 heterocycles. The number of hydrogen-bond donors (Lipinski definition) is 3. The second-order valence-electron chi connectivity index (χ2n) is 3.98. The number of nitrogens with one attached hydrogen (secondary N) is 1. The van der Waals surface area contributed by atoms with Gasteiger partial charge < -0.3 is 15.9 Å². The Morgan fingerprint density at radius 1 is 1.37 bits per heavy atom. The Bertz CT molecular complexity index is 843. The first-order chi connectivity index (χ1) is 9.06. The predicted octanol–water partition coefficient (Wildman–Crippen LogP) is 1.53. The van der Waals surface area contributed by atoms with Gasteiger partial charge in [0.05, 0.1) is 16.1 Å². The van der Waals surface area contributed by atoms with Crippen molar-refractivity contribution >= 4 is 33.3 Å². The van der Waals surface area contributed by atoms with E-state index in [0.717, 1.165) is 5.56 Å². The highest BCUT2D eigenvalue weighted by Crippen LogP contribution is 2.34. The minimum absolute atomic E-state index is 0.294. The van der Waals surface area contributed by atoms with Crippen LogP contribution in [0.15, 0.2) is 32.8 Å². The minimum atomic E-state index is -0.579. The molecule has 6 nitrogen and oxygen atoms in total. The van der Waals surface area contributed by atoms with Gasteiger partial charge in [0.25, 0.3) is 5.91 Å². The van der Waals surface area contributed by atoms with Crippen molar-refractivity contribution in [2.75, 3.05) is 5.73 Å². The van der Waals surface area contributed by atoms with Crippen LogP contribution < -0.4 is 17.2 Å². The number of primary amides is 1. The number of hydrogen-bond acceptors (Lipinski definition) is 5. The van der Waals surface area contributed by atoms with Gasteiger partial charge in [-0.2, -0.15) is 0 Å². The molecule has 19 heavy (non-hydrogen) atoms. The van der Waals surface area contributed by atoms with E-state index in [0.29, 0.717) is 27.2 Å². The number of carbonyl (C=O) groups excluding carboxylic acids is 1. The van der Waals surface area contributed by atoms with E-state index in [2.05, 4.69) is 4.98 Å². The van der Waals surface area contributed by atoms with Crippen molar-refractivity contribution in [2.24, 2.45) is 5.73 Å². The number of aromatic amines is 1. The lowest BCUT2D eigenvalue weighted by atomic mass is 10.0. The fourth-order valence-electron chi connectivity index (χ4n) is 1.95. The summed E-state index contributed by atoms with van der Waals surface area (Å²) >= 11 is 1.24. The van der Waals surface area contributed by atoms with E-state index >= 15 is 0 Å². The van der Waals surface area contributed by atoms with E-state index in [1.165, 1.54) is 11.3 Å². The largest absolute Gasteiger partial charge is 0.417 e. The van der Waals surface area contributed by atoms with Crippen molar-refractivity contribution in [1.82, 2.24) is 4.98 Å². The molecule has 0 saturated heterocycles. The van der Waals surface area contributed by atoms with Gasteiger partial charge in [0, 0.05) is 10.9 Å². The SMILES string of the molecule is NC(=O)c1c(-c2ccc3[nH]c(=O)oc3c2)csc1N. The monoisotopic (exact) mass is 275 g/mol. The van der Waals surface area contributed by atoms with Crippen LogP contribution in [0.25, 0.3) is 22.2 Å². The molecule has 0 aliphatic rings. The van der Waals surface area contributed by atoms with Crippen LogP contribution in [0.3, 0.4) is 0 Å². The molecule has 0 spiro atoms. The third kappa shape index (κ3) is 1.80. The van der Waals surface area contributed by atoms with Crippen molar-refractivity contribution in [2.45, 2.75) is 0 Å². The second kappa shape index (κ2) is 3.99. The molecule has 0 radical (unpaired) electrons. The van der Waals surface area contributed by atoms with Gasteiger partial charge in [0.1, 0.15) is 0 Å². The molecule has 0 aliphatic carbocycles. The summed E-state index contributed by atoms with van der Waals surface area (Å²) in [5.74, 6) is -1.10. The Labute approximate surface area is 110 Å². The number of benzene rings is 1. The number of fused-ring (bicyclic) bond motifs is 1. The number of nitrogen functional groups attached to an aromatic ring is 1. The van der Waals surface area contributed by atoms with Gasteiger partial charge in [-0.15, -0.1) is 11.3 Å². The number of oxazole rings is 1. The van der Waals surface area contributed by atoms with Crippen LogP contribution in [-0.4, -0.2) is 10.9 Å². The van der Waals surface area contributed by atoms with Crippen LogP contribution in [-0.2, 0) is 0 Å². The average molecular weight is 275 g/mol. The van der Waals surface area contributed by atoms with Gasteiger partial charge in [0.15, 0.2) is 5.58 Å². The first kappa shape index (κ1) is 11.5. The fourth-order valence-corrected chi connectivity index (χ4v) is 2.78. The lowest BCUT2D eigenvalue weighted by Gasteiger charge is -2.01. The maximum Gasteiger partial charge on any atom is 0.417 e. The van der Waals surface area contributed by atoms with Gasteiger partial charge in [0.2, 0.25) is 0 Å². The summed E-state index contributed by atoms with van der Waals surface area (Å²) in [6.07, 6.45) is 0. The summed E-state index contributed by atoms with van der Waals surface area (Å²) in [5, 5.41) is 2.12. The lowest BCUT2D eigenvalue weighted by Crippen LogP contribution is -2.12. The molecule has 3 rings (SSSR count). The molecular formula is C12H9N3O3S. The average Bonchev–Trinajstić information content (AvgIpc) is 2.89. The molecular weight excluding hydrogens is 266 g/mol. The Morgan fingerprint density at radius 3 is 2.89 bits per heavy atom. The molecule has 2 aromatic heterocycles. The normalized spacial score (nSPS) is 10.9. The minimum Gasteiger partial charge on any atom is -0.408 e. The van der Waals surface area contributed by atoms with Crippen molar-refractivity contribution in [3.05, 3.63) is 39.7 Å². The van der Waals surface area contributed by atoms with Crippen LogP contribution in [0.4, 0.5) is 5.00 Å². The lowest BCUT2D eigenvalue weighted by molar-refractivity contribution is 0.100. The molecule has 0 unspecified atom stereocenters. The molecule has 3 aromatic rings. The highest BCUT2D eigenvalue weighted by molar-refractivity contribution is 7.15. The first-order valence-corrected chi connectivity index (χ1v) is 6.24. The Hall–Kier alpha value is -2.54. The van der Waals surface area contributed by atoms with Crippen molar-refractivity contribution in [3.8, 4) is 11.1 Å². The number of nitrogens with two attached hydrogens (primary N) is 2. The number of amides is 1. The number of anilines is 1. The van der Waals surface area contributed by atoms with Crippen LogP contribution in [0, 0.1) is 0 Å². The number of rotatable bonds is 2. The molecule has 0 aliphatic heterocycles. The summed E-state index contributed by atoms with van der Waals surface area (Å²) in [7, 11) is 0. The zero-order valence-corrected chi connectivity index (χ0v) is 10.4. The van der Waals surface area contributed by atoms with E-state index in [-0.39, 0.29) is 0 Å². The zero-order chi connectivity index (χ0) is 13.6. The van der Waals surface area contributed by atoms with Crippen molar-refractivity contribution in [3.63, 3.8) is 0 Å². The topological polar surface area (TPSA) is 115 Å². The standard InChI is InChI=1S/C12H9N3O3S/c13-10(16)9-6(4-19-11(9)14)5-1-2-7-8(3-5)18-12(17)15-7/h1-4H,14H2,(H2,13,16)(H,15,17). The van der Waals surface area contributed by atoms with E-state index in [9.17, 15) is 9.59 Å². The van der Waals surface area contributed by atoms with Crippen LogP contribution in [0.1, 0.15) is 10.4 Å². The third-order valence-corrected chi connectivity index (χ3v) is 3.61. The van der Waals surface area contributed by atoms with E-state index in [1.54, 1.807) is 23.6 Å².